The van der Waals surface area contributed by atoms with Crippen molar-refractivity contribution in [1.29, 1.82) is 0 Å². The summed E-state index contributed by atoms with van der Waals surface area (Å²) in [5, 5.41) is 2.92. The van der Waals surface area contributed by atoms with Crippen LogP contribution in [0.1, 0.15) is 54.4 Å². The van der Waals surface area contributed by atoms with Crippen molar-refractivity contribution in [3.05, 3.63) is 0 Å². The number of hydrogen-bond donors (Lipinski definition) is 1. The Morgan fingerprint density at radius 1 is 1.23 bits per heavy atom. The zero-order valence-corrected chi connectivity index (χ0v) is 18.8. The zero-order chi connectivity index (χ0) is 19.9. The van der Waals surface area contributed by atoms with Crippen molar-refractivity contribution in [3.63, 3.8) is 0 Å². The highest BCUT2D eigenvalue weighted by molar-refractivity contribution is 6.48. The Labute approximate surface area is 159 Å². The number of ether oxygens (including phenoxy) is 1. The molecule has 0 aromatic heterocycles. The van der Waals surface area contributed by atoms with Crippen molar-refractivity contribution >= 4 is 21.0 Å². The molecule has 0 aliphatic carbocycles. The van der Waals surface area contributed by atoms with E-state index in [9.17, 15) is 9.59 Å². The Kier molecular flexibility index (Phi) is 5.83. The fourth-order valence-corrected chi connectivity index (χ4v) is 5.19. The second kappa shape index (κ2) is 7.15. The maximum Gasteiger partial charge on any atom is 0.412 e. The van der Waals surface area contributed by atoms with Gasteiger partial charge in [0.15, 0.2) is 9.04 Å². The average molecular weight is 385 g/mol. The number of carbonyl (C=O) groups is 2. The fourth-order valence-electron chi connectivity index (χ4n) is 3.96. The van der Waals surface area contributed by atoms with Crippen molar-refractivity contribution in [1.82, 2.24) is 10.2 Å². The molecule has 2 amide bonds. The fraction of sp³-hybridized carbons (Fsp3) is 0.895. The third-order valence-corrected chi connectivity index (χ3v) is 6.17. The van der Waals surface area contributed by atoms with E-state index >= 15 is 0 Å². The summed E-state index contributed by atoms with van der Waals surface area (Å²) in [7, 11) is -1.47. The van der Waals surface area contributed by atoms with E-state index in [0.29, 0.717) is 25.4 Å². The first-order valence-electron chi connectivity index (χ1n) is 9.70. The van der Waals surface area contributed by atoms with E-state index in [1.54, 1.807) is 4.90 Å². The molecule has 2 heterocycles. The molecule has 2 fully saturated rings. The van der Waals surface area contributed by atoms with Gasteiger partial charge in [-0.1, -0.05) is 20.8 Å². The lowest BCUT2D eigenvalue weighted by atomic mass is 9.77. The van der Waals surface area contributed by atoms with E-state index in [4.69, 9.17) is 9.16 Å². The van der Waals surface area contributed by atoms with Crippen LogP contribution in [0.4, 0.5) is 4.79 Å². The molecule has 1 N–H and O–H groups in total. The summed E-state index contributed by atoms with van der Waals surface area (Å²) in [6.07, 6.45) is 0.816. The molecule has 0 aromatic rings. The van der Waals surface area contributed by atoms with Gasteiger partial charge in [-0.25, -0.2) is 4.79 Å². The Morgan fingerprint density at radius 3 is 2.27 bits per heavy atom. The van der Waals surface area contributed by atoms with Crippen molar-refractivity contribution in [2.24, 2.45) is 17.3 Å². The van der Waals surface area contributed by atoms with Crippen molar-refractivity contribution < 1.29 is 18.8 Å². The molecule has 2 aliphatic heterocycles. The maximum atomic E-state index is 13.1. The van der Waals surface area contributed by atoms with Gasteiger partial charge in [0.05, 0.1) is 0 Å². The topological polar surface area (TPSA) is 67.9 Å². The summed E-state index contributed by atoms with van der Waals surface area (Å²) < 4.78 is 12.3. The molecular weight excluding hydrogens is 348 g/mol. The van der Waals surface area contributed by atoms with Gasteiger partial charge >= 0.3 is 6.09 Å². The van der Waals surface area contributed by atoms with Gasteiger partial charge in [0, 0.05) is 25.4 Å². The van der Waals surface area contributed by atoms with Gasteiger partial charge < -0.3 is 14.5 Å². The highest BCUT2D eigenvalue weighted by atomic mass is 28.3. The molecule has 2 aliphatic rings. The van der Waals surface area contributed by atoms with Gasteiger partial charge in [-0.05, 0) is 51.6 Å². The summed E-state index contributed by atoms with van der Waals surface area (Å²) in [6.45, 7) is 17.6. The first kappa shape index (κ1) is 21.2. The maximum absolute atomic E-state index is 13.1. The SMILES string of the molecule is C[SiH](C)O[C@]1(C2CNC(=O)C2)C[C@H](C(C)(C)C)CN1C(=O)OC(C)(C)C. The van der Waals surface area contributed by atoms with Crippen LogP contribution in [0.25, 0.3) is 0 Å². The number of likely N-dealkylation sites (tertiary alicyclic amines) is 1. The smallest absolute Gasteiger partial charge is 0.412 e. The van der Waals surface area contributed by atoms with Crippen molar-refractivity contribution in [3.8, 4) is 0 Å². The van der Waals surface area contributed by atoms with Crippen LogP contribution in [0.15, 0.2) is 0 Å². The van der Waals surface area contributed by atoms with Crippen LogP contribution in [0, 0.1) is 17.3 Å². The molecule has 26 heavy (non-hydrogen) atoms. The van der Waals surface area contributed by atoms with E-state index in [1.165, 1.54) is 0 Å². The van der Waals surface area contributed by atoms with Crippen LogP contribution in [-0.2, 0) is 14.0 Å². The van der Waals surface area contributed by atoms with E-state index in [2.05, 4.69) is 39.2 Å². The molecule has 150 valence electrons. The Balaban J connectivity index is 2.43. The van der Waals surface area contributed by atoms with Gasteiger partial charge in [-0.15, -0.1) is 0 Å². The van der Waals surface area contributed by atoms with E-state index in [0.717, 1.165) is 6.42 Å². The minimum Gasteiger partial charge on any atom is -0.444 e. The molecule has 3 atom stereocenters. The third kappa shape index (κ3) is 4.60. The van der Waals surface area contributed by atoms with Crippen LogP contribution in [0.2, 0.25) is 13.1 Å². The third-order valence-electron chi connectivity index (χ3n) is 5.29. The normalized spacial score (nSPS) is 30.0. The average Bonchev–Trinajstić information content (AvgIpc) is 3.00. The summed E-state index contributed by atoms with van der Waals surface area (Å²) in [5.41, 5.74) is -1.28. The Bertz CT molecular complexity index is 553. The molecule has 7 heteroatoms. The summed E-state index contributed by atoms with van der Waals surface area (Å²) in [5.74, 6) is 0.287. The lowest BCUT2D eigenvalue weighted by Crippen LogP contribution is -2.57. The summed E-state index contributed by atoms with van der Waals surface area (Å²) in [4.78, 5) is 26.8. The molecule has 0 saturated carbocycles. The highest BCUT2D eigenvalue weighted by Crippen LogP contribution is 2.48. The number of nitrogens with one attached hydrogen (secondary N) is 1. The quantitative estimate of drug-likeness (QED) is 0.759. The molecule has 2 saturated heterocycles. The van der Waals surface area contributed by atoms with Crippen LogP contribution in [0.5, 0.6) is 0 Å². The predicted molar refractivity (Wildman–Crippen MR) is 104 cm³/mol. The first-order chi connectivity index (χ1) is 11.7. The van der Waals surface area contributed by atoms with Gasteiger partial charge in [0.2, 0.25) is 5.91 Å². The van der Waals surface area contributed by atoms with Crippen LogP contribution < -0.4 is 5.32 Å². The second-order valence-electron chi connectivity index (χ2n) is 10.1. The van der Waals surface area contributed by atoms with Gasteiger partial charge in [-0.3, -0.25) is 9.69 Å². The number of amides is 2. The van der Waals surface area contributed by atoms with Gasteiger partial charge in [0.1, 0.15) is 11.3 Å². The van der Waals surface area contributed by atoms with Crippen molar-refractivity contribution in [2.75, 3.05) is 13.1 Å². The monoisotopic (exact) mass is 384 g/mol. The lowest BCUT2D eigenvalue weighted by Gasteiger charge is -2.44. The standard InChI is InChI=1S/C19H36N2O4Si/c1-17(2,3)14-10-19(25-26(7)8,13-9-15(22)20-11-13)21(12-14)16(23)24-18(4,5)6/h13-14,26H,9-12H2,1-8H3,(H,20,22)/t13?,14-,19-/m0/s1. The largest absolute Gasteiger partial charge is 0.444 e. The zero-order valence-electron chi connectivity index (χ0n) is 17.6. The van der Waals surface area contributed by atoms with E-state index in [-0.39, 0.29) is 23.3 Å². The van der Waals surface area contributed by atoms with Gasteiger partial charge in [-0.2, -0.15) is 0 Å². The Morgan fingerprint density at radius 2 is 1.85 bits per heavy atom. The molecule has 2 rings (SSSR count). The molecule has 0 radical (unpaired) electrons. The van der Waals surface area contributed by atoms with Crippen LogP contribution in [-0.4, -0.2) is 50.4 Å². The van der Waals surface area contributed by atoms with Crippen molar-refractivity contribution in [2.45, 2.75) is 78.8 Å². The summed E-state index contributed by atoms with van der Waals surface area (Å²) in [6, 6.07) is 0. The van der Waals surface area contributed by atoms with Gasteiger partial charge in [0.25, 0.3) is 0 Å². The van der Waals surface area contributed by atoms with Crippen LogP contribution >= 0.6 is 0 Å². The molecular formula is C19H36N2O4Si. The Hall–Kier alpha value is -1.08. The van der Waals surface area contributed by atoms with E-state index in [1.807, 2.05) is 20.8 Å². The molecule has 0 aromatic carbocycles. The minimum absolute atomic E-state index is 0.0340. The van der Waals surface area contributed by atoms with E-state index < -0.39 is 20.4 Å². The number of nitrogens with zero attached hydrogens (tertiary/aromatic N) is 1. The predicted octanol–water partition coefficient (Wildman–Crippen LogP) is 3.12. The molecule has 0 bridgehead atoms. The highest BCUT2D eigenvalue weighted by Gasteiger charge is 2.58. The number of rotatable bonds is 3. The summed E-state index contributed by atoms with van der Waals surface area (Å²) >= 11 is 0. The molecule has 1 unspecified atom stereocenters. The minimum atomic E-state index is -1.47. The first-order valence-corrected chi connectivity index (χ1v) is 12.5. The molecule has 6 nitrogen and oxygen atoms in total. The van der Waals surface area contributed by atoms with Crippen LogP contribution in [0.3, 0.4) is 0 Å². The number of hydrogen-bond acceptors (Lipinski definition) is 4. The number of carbonyl (C=O) groups excluding carboxylic acids is 2. The molecule has 0 spiro atoms. The lowest BCUT2D eigenvalue weighted by molar-refractivity contribution is -0.123. The second-order valence-corrected chi connectivity index (χ2v) is 12.4.